The third-order valence-electron chi connectivity index (χ3n) is 6.33. The van der Waals surface area contributed by atoms with Gasteiger partial charge >= 0.3 is 0 Å². The number of likely N-dealkylation sites (tertiary alicyclic amines) is 1. The van der Waals surface area contributed by atoms with Crippen LogP contribution in [0.15, 0.2) is 24.3 Å². The van der Waals surface area contributed by atoms with Crippen molar-refractivity contribution in [2.24, 2.45) is 0 Å². The Balaban J connectivity index is 1.32. The fourth-order valence-electron chi connectivity index (χ4n) is 4.61. The Kier molecular flexibility index (Phi) is 5.19. The second kappa shape index (κ2) is 7.60. The minimum Gasteiger partial charge on any atom is -0.340 e. The fourth-order valence-corrected chi connectivity index (χ4v) is 4.61. The molecule has 2 saturated heterocycles. The molecule has 2 fully saturated rings. The molecule has 0 radical (unpaired) electrons. The zero-order chi connectivity index (χ0) is 19.0. The van der Waals surface area contributed by atoms with Crippen LogP contribution in [0.5, 0.6) is 0 Å². The van der Waals surface area contributed by atoms with Gasteiger partial charge in [-0.2, -0.15) is 0 Å². The molecule has 0 spiro atoms. The Morgan fingerprint density at radius 3 is 2.59 bits per heavy atom. The Morgan fingerprint density at radius 1 is 1.11 bits per heavy atom. The summed E-state index contributed by atoms with van der Waals surface area (Å²) in [5.74, 6) is 0.105. The van der Waals surface area contributed by atoms with Crippen molar-refractivity contribution in [1.29, 1.82) is 0 Å². The molecular weight excluding hydrogens is 340 g/mol. The number of benzene rings is 1. The number of carbonyl (C=O) groups is 2. The van der Waals surface area contributed by atoms with E-state index in [0.717, 1.165) is 56.9 Å². The van der Waals surface area contributed by atoms with Crippen LogP contribution in [0.4, 0.5) is 5.69 Å². The molecular formula is C21H30N4O2. The van der Waals surface area contributed by atoms with E-state index in [1.807, 2.05) is 29.2 Å². The van der Waals surface area contributed by atoms with Crippen LogP contribution in [0.2, 0.25) is 0 Å². The topological polar surface area (TPSA) is 47.1 Å². The van der Waals surface area contributed by atoms with E-state index in [-0.39, 0.29) is 18.4 Å². The van der Waals surface area contributed by atoms with Gasteiger partial charge in [-0.15, -0.1) is 0 Å². The molecule has 0 aromatic heterocycles. The van der Waals surface area contributed by atoms with Gasteiger partial charge in [0, 0.05) is 57.0 Å². The fraction of sp³-hybridized carbons (Fsp3) is 0.619. The van der Waals surface area contributed by atoms with Crippen LogP contribution in [-0.4, -0.2) is 84.4 Å². The van der Waals surface area contributed by atoms with E-state index in [1.165, 1.54) is 0 Å². The van der Waals surface area contributed by atoms with Gasteiger partial charge in [0.15, 0.2) is 0 Å². The zero-order valence-corrected chi connectivity index (χ0v) is 16.4. The van der Waals surface area contributed by atoms with Gasteiger partial charge < -0.3 is 9.80 Å². The highest BCUT2D eigenvalue weighted by molar-refractivity contribution is 6.04. The van der Waals surface area contributed by atoms with Crippen molar-refractivity contribution in [3.8, 4) is 0 Å². The van der Waals surface area contributed by atoms with Gasteiger partial charge in [-0.1, -0.05) is 18.2 Å². The van der Waals surface area contributed by atoms with Crippen LogP contribution in [0, 0.1) is 0 Å². The first kappa shape index (κ1) is 18.4. The van der Waals surface area contributed by atoms with Crippen molar-refractivity contribution in [3.05, 3.63) is 29.8 Å². The maximum absolute atomic E-state index is 12.8. The minimum atomic E-state index is 0.0325. The average Bonchev–Trinajstić information content (AvgIpc) is 3.27. The molecule has 1 unspecified atom stereocenters. The average molecular weight is 370 g/mol. The molecule has 3 aliphatic heterocycles. The summed E-state index contributed by atoms with van der Waals surface area (Å²) < 4.78 is 0. The number of fused-ring (bicyclic) bond motifs is 1. The van der Waals surface area contributed by atoms with Crippen LogP contribution in [0.25, 0.3) is 0 Å². The number of hydrogen-bond donors (Lipinski definition) is 0. The molecule has 27 heavy (non-hydrogen) atoms. The summed E-state index contributed by atoms with van der Waals surface area (Å²) in [6.45, 7) is 10.7. The number of para-hydroxylation sites is 1. The molecule has 1 aromatic rings. The van der Waals surface area contributed by atoms with E-state index in [9.17, 15) is 9.59 Å². The van der Waals surface area contributed by atoms with Crippen molar-refractivity contribution in [2.75, 3.05) is 50.7 Å². The summed E-state index contributed by atoms with van der Waals surface area (Å²) in [5, 5.41) is 0. The van der Waals surface area contributed by atoms with Crippen LogP contribution in [-0.2, 0) is 16.0 Å². The highest BCUT2D eigenvalue weighted by Crippen LogP contribution is 2.28. The summed E-state index contributed by atoms with van der Waals surface area (Å²) in [5.41, 5.74) is 1.93. The number of carbonyl (C=O) groups excluding carboxylic acids is 2. The molecule has 4 rings (SSSR count). The highest BCUT2D eigenvalue weighted by atomic mass is 16.2. The first-order valence-electron chi connectivity index (χ1n) is 10.2. The van der Waals surface area contributed by atoms with E-state index >= 15 is 0 Å². The van der Waals surface area contributed by atoms with Crippen molar-refractivity contribution in [1.82, 2.24) is 14.7 Å². The number of amides is 2. The predicted octanol–water partition coefficient (Wildman–Crippen LogP) is 1.20. The quantitative estimate of drug-likeness (QED) is 0.799. The summed E-state index contributed by atoms with van der Waals surface area (Å²) in [6.07, 6.45) is 1.45. The van der Waals surface area contributed by atoms with Crippen molar-refractivity contribution >= 4 is 17.5 Å². The van der Waals surface area contributed by atoms with Crippen LogP contribution >= 0.6 is 0 Å². The molecule has 0 saturated carbocycles. The molecule has 3 aliphatic rings. The number of nitrogens with zero attached hydrogens (tertiary/aromatic N) is 4. The third kappa shape index (κ3) is 3.73. The second-order valence-corrected chi connectivity index (χ2v) is 8.23. The smallest absolute Gasteiger partial charge is 0.242 e. The monoisotopic (exact) mass is 370 g/mol. The summed E-state index contributed by atoms with van der Waals surface area (Å²) in [7, 11) is 0. The van der Waals surface area contributed by atoms with Crippen molar-refractivity contribution in [2.45, 2.75) is 38.8 Å². The molecule has 2 amide bonds. The predicted molar refractivity (Wildman–Crippen MR) is 106 cm³/mol. The van der Waals surface area contributed by atoms with Gasteiger partial charge in [-0.05, 0) is 31.9 Å². The standard InChI is InChI=1S/C21H30N4O2/c1-16(2)22-9-11-23(12-10-22)18-7-8-24(14-18)21(27)15-25-19-6-4-3-5-17(19)13-20(25)26/h3-6,16,18H,7-15H2,1-2H3. The van der Waals surface area contributed by atoms with Crippen LogP contribution < -0.4 is 4.90 Å². The minimum absolute atomic E-state index is 0.0325. The lowest BCUT2D eigenvalue weighted by molar-refractivity contribution is -0.130. The van der Waals surface area contributed by atoms with Crippen LogP contribution in [0.1, 0.15) is 25.8 Å². The molecule has 3 heterocycles. The van der Waals surface area contributed by atoms with E-state index in [1.54, 1.807) is 4.90 Å². The van der Waals surface area contributed by atoms with Gasteiger partial charge in [-0.25, -0.2) is 0 Å². The maximum Gasteiger partial charge on any atom is 0.242 e. The SMILES string of the molecule is CC(C)N1CCN(C2CCN(C(=O)CN3C(=O)Cc4ccccc43)C2)CC1. The molecule has 1 atom stereocenters. The van der Waals surface area contributed by atoms with Crippen molar-refractivity contribution in [3.63, 3.8) is 0 Å². The zero-order valence-electron chi connectivity index (χ0n) is 16.4. The normalized spacial score (nSPS) is 24.1. The highest BCUT2D eigenvalue weighted by Gasteiger charge is 2.35. The lowest BCUT2D eigenvalue weighted by Crippen LogP contribution is -2.53. The lowest BCUT2D eigenvalue weighted by Gasteiger charge is -2.39. The number of piperazine rings is 1. The Labute approximate surface area is 161 Å². The first-order chi connectivity index (χ1) is 13.0. The Morgan fingerprint density at radius 2 is 1.85 bits per heavy atom. The number of anilines is 1. The second-order valence-electron chi connectivity index (χ2n) is 8.23. The van der Waals surface area contributed by atoms with Crippen LogP contribution in [0.3, 0.4) is 0 Å². The molecule has 0 N–H and O–H groups in total. The Bertz CT molecular complexity index is 712. The van der Waals surface area contributed by atoms with E-state index in [4.69, 9.17) is 0 Å². The van der Waals surface area contributed by atoms with Gasteiger partial charge in [0.25, 0.3) is 0 Å². The molecule has 0 bridgehead atoms. The molecule has 146 valence electrons. The lowest BCUT2D eigenvalue weighted by atomic mass is 10.1. The molecule has 6 nitrogen and oxygen atoms in total. The van der Waals surface area contributed by atoms with Gasteiger partial charge in [0.2, 0.25) is 11.8 Å². The van der Waals surface area contributed by atoms with Crippen molar-refractivity contribution < 1.29 is 9.59 Å². The van der Waals surface area contributed by atoms with Gasteiger partial charge in [0.05, 0.1) is 6.42 Å². The maximum atomic E-state index is 12.8. The number of hydrogen-bond acceptors (Lipinski definition) is 4. The Hall–Kier alpha value is -1.92. The van der Waals surface area contributed by atoms with Gasteiger partial charge in [0.1, 0.15) is 6.54 Å². The number of rotatable bonds is 4. The first-order valence-corrected chi connectivity index (χ1v) is 10.2. The van der Waals surface area contributed by atoms with E-state index < -0.39 is 0 Å². The summed E-state index contributed by atoms with van der Waals surface area (Å²) >= 11 is 0. The third-order valence-corrected chi connectivity index (χ3v) is 6.33. The summed E-state index contributed by atoms with van der Waals surface area (Å²) in [6, 6.07) is 8.85. The molecule has 1 aromatic carbocycles. The van der Waals surface area contributed by atoms with E-state index in [2.05, 4.69) is 23.6 Å². The van der Waals surface area contributed by atoms with E-state index in [0.29, 0.717) is 18.5 Å². The summed E-state index contributed by atoms with van der Waals surface area (Å²) in [4.78, 5) is 33.8. The van der Waals surface area contributed by atoms with Gasteiger partial charge in [-0.3, -0.25) is 19.4 Å². The molecule has 6 heteroatoms. The molecule has 0 aliphatic carbocycles. The largest absolute Gasteiger partial charge is 0.340 e.